The molecular formula is C11H18BrN3O2. The summed E-state index contributed by atoms with van der Waals surface area (Å²) in [6.07, 6.45) is 4.55. The molecule has 5 nitrogen and oxygen atoms in total. The Labute approximate surface area is 110 Å². The molecule has 0 bridgehead atoms. The molecule has 1 rings (SSSR count). The number of halogens is 1. The molecule has 0 saturated heterocycles. The number of aliphatic hydroxyl groups excluding tert-OH is 1. The zero-order valence-corrected chi connectivity index (χ0v) is 11.8. The summed E-state index contributed by atoms with van der Waals surface area (Å²) in [4.78, 5) is 10.5. The molecule has 17 heavy (non-hydrogen) atoms. The third-order valence-corrected chi connectivity index (χ3v) is 2.93. The second-order valence-electron chi connectivity index (χ2n) is 3.73. The van der Waals surface area contributed by atoms with Gasteiger partial charge in [0.1, 0.15) is 0 Å². The SMILES string of the molecule is COc1nc(N(C)CCCCCO)ncc1Br. The lowest BCUT2D eigenvalue weighted by Gasteiger charge is -2.17. The van der Waals surface area contributed by atoms with Crippen LogP contribution in [0.5, 0.6) is 5.88 Å². The molecular weight excluding hydrogens is 286 g/mol. The van der Waals surface area contributed by atoms with E-state index < -0.39 is 0 Å². The van der Waals surface area contributed by atoms with E-state index in [0.29, 0.717) is 11.8 Å². The number of hydrogen-bond donors (Lipinski definition) is 1. The van der Waals surface area contributed by atoms with Gasteiger partial charge < -0.3 is 14.7 Å². The Balaban J connectivity index is 2.53. The van der Waals surface area contributed by atoms with E-state index in [1.54, 1.807) is 13.3 Å². The van der Waals surface area contributed by atoms with Crippen molar-refractivity contribution in [2.75, 3.05) is 32.2 Å². The summed E-state index contributed by atoms with van der Waals surface area (Å²) in [5.41, 5.74) is 0. The van der Waals surface area contributed by atoms with Crippen LogP contribution in [0.1, 0.15) is 19.3 Å². The van der Waals surface area contributed by atoms with Gasteiger partial charge in [0.15, 0.2) is 0 Å². The van der Waals surface area contributed by atoms with Gasteiger partial charge in [-0.2, -0.15) is 4.98 Å². The number of nitrogens with zero attached hydrogens (tertiary/aromatic N) is 3. The van der Waals surface area contributed by atoms with Gasteiger partial charge in [-0.15, -0.1) is 0 Å². The van der Waals surface area contributed by atoms with Crippen molar-refractivity contribution in [1.82, 2.24) is 9.97 Å². The van der Waals surface area contributed by atoms with E-state index in [2.05, 4.69) is 25.9 Å². The zero-order valence-electron chi connectivity index (χ0n) is 10.2. The van der Waals surface area contributed by atoms with Crippen molar-refractivity contribution in [3.63, 3.8) is 0 Å². The third kappa shape index (κ3) is 4.47. The summed E-state index contributed by atoms with van der Waals surface area (Å²) in [5, 5.41) is 8.69. The summed E-state index contributed by atoms with van der Waals surface area (Å²) >= 11 is 3.32. The topological polar surface area (TPSA) is 58.5 Å². The monoisotopic (exact) mass is 303 g/mol. The Morgan fingerprint density at radius 3 is 2.82 bits per heavy atom. The molecule has 0 saturated carbocycles. The number of rotatable bonds is 7. The summed E-state index contributed by atoms with van der Waals surface area (Å²) in [6.45, 7) is 1.12. The molecule has 1 aromatic rings. The van der Waals surface area contributed by atoms with Crippen LogP contribution >= 0.6 is 15.9 Å². The average molecular weight is 304 g/mol. The van der Waals surface area contributed by atoms with Gasteiger partial charge in [0.25, 0.3) is 0 Å². The molecule has 0 aliphatic carbocycles. The lowest BCUT2D eigenvalue weighted by Crippen LogP contribution is -2.21. The normalized spacial score (nSPS) is 10.4. The molecule has 0 radical (unpaired) electrons. The number of hydrogen-bond acceptors (Lipinski definition) is 5. The summed E-state index contributed by atoms with van der Waals surface area (Å²) in [7, 11) is 3.53. The second kappa shape index (κ2) is 7.45. The minimum Gasteiger partial charge on any atom is -0.480 e. The first-order chi connectivity index (χ1) is 8.19. The Bertz CT molecular complexity index is 349. The summed E-state index contributed by atoms with van der Waals surface area (Å²) in [6, 6.07) is 0. The van der Waals surface area contributed by atoms with Gasteiger partial charge >= 0.3 is 0 Å². The van der Waals surface area contributed by atoms with E-state index in [4.69, 9.17) is 9.84 Å². The van der Waals surface area contributed by atoms with Crippen LogP contribution in [0.4, 0.5) is 5.95 Å². The van der Waals surface area contributed by atoms with Crippen LogP contribution in [0.25, 0.3) is 0 Å². The van der Waals surface area contributed by atoms with Crippen molar-refractivity contribution in [3.8, 4) is 5.88 Å². The minimum absolute atomic E-state index is 0.256. The van der Waals surface area contributed by atoms with Crippen LogP contribution in [0.2, 0.25) is 0 Å². The second-order valence-corrected chi connectivity index (χ2v) is 4.59. The predicted octanol–water partition coefficient (Wildman–Crippen LogP) is 1.85. The van der Waals surface area contributed by atoms with Gasteiger partial charge in [-0.05, 0) is 35.2 Å². The van der Waals surface area contributed by atoms with Gasteiger partial charge in [0.05, 0.1) is 17.8 Å². The molecule has 0 aromatic carbocycles. The van der Waals surface area contributed by atoms with Crippen LogP contribution in [0.15, 0.2) is 10.7 Å². The lowest BCUT2D eigenvalue weighted by molar-refractivity contribution is 0.283. The van der Waals surface area contributed by atoms with E-state index in [0.717, 1.165) is 30.3 Å². The highest BCUT2D eigenvalue weighted by Crippen LogP contribution is 2.22. The van der Waals surface area contributed by atoms with E-state index in [-0.39, 0.29) is 6.61 Å². The quantitative estimate of drug-likeness (QED) is 0.779. The van der Waals surface area contributed by atoms with Crippen molar-refractivity contribution in [2.24, 2.45) is 0 Å². The number of aliphatic hydroxyl groups is 1. The van der Waals surface area contributed by atoms with Gasteiger partial charge in [-0.25, -0.2) is 4.98 Å². The van der Waals surface area contributed by atoms with Crippen LogP contribution in [0.3, 0.4) is 0 Å². The van der Waals surface area contributed by atoms with Gasteiger partial charge in [0.2, 0.25) is 11.8 Å². The zero-order chi connectivity index (χ0) is 12.7. The number of methoxy groups -OCH3 is 1. The predicted molar refractivity (Wildman–Crippen MR) is 70.5 cm³/mol. The first kappa shape index (κ1) is 14.2. The highest BCUT2D eigenvalue weighted by molar-refractivity contribution is 9.10. The van der Waals surface area contributed by atoms with E-state index in [1.165, 1.54) is 0 Å². The summed E-state index contributed by atoms with van der Waals surface area (Å²) < 4.78 is 5.87. The van der Waals surface area contributed by atoms with Crippen molar-refractivity contribution in [1.29, 1.82) is 0 Å². The average Bonchev–Trinajstić information content (AvgIpc) is 2.35. The Morgan fingerprint density at radius 2 is 2.18 bits per heavy atom. The molecule has 0 unspecified atom stereocenters. The van der Waals surface area contributed by atoms with E-state index in [1.807, 2.05) is 11.9 Å². The number of ether oxygens (including phenoxy) is 1. The first-order valence-corrected chi connectivity index (χ1v) is 6.37. The maximum Gasteiger partial charge on any atom is 0.232 e. The molecule has 0 fully saturated rings. The van der Waals surface area contributed by atoms with Crippen LogP contribution < -0.4 is 9.64 Å². The van der Waals surface area contributed by atoms with Gasteiger partial charge in [-0.3, -0.25) is 0 Å². The molecule has 0 atom stereocenters. The fourth-order valence-corrected chi connectivity index (χ4v) is 1.76. The van der Waals surface area contributed by atoms with Crippen LogP contribution in [-0.4, -0.2) is 42.4 Å². The Morgan fingerprint density at radius 1 is 1.41 bits per heavy atom. The molecule has 0 amide bonds. The smallest absolute Gasteiger partial charge is 0.232 e. The maximum absolute atomic E-state index is 8.69. The fraction of sp³-hybridized carbons (Fsp3) is 0.636. The molecule has 1 heterocycles. The number of anilines is 1. The molecule has 6 heteroatoms. The van der Waals surface area contributed by atoms with Crippen LogP contribution in [-0.2, 0) is 0 Å². The first-order valence-electron chi connectivity index (χ1n) is 5.57. The molecule has 0 aliphatic rings. The minimum atomic E-state index is 0.256. The molecule has 1 N–H and O–H groups in total. The Hall–Kier alpha value is -0.880. The molecule has 96 valence electrons. The maximum atomic E-state index is 8.69. The standard InChI is InChI=1S/C11H18BrN3O2/c1-15(6-4-3-5-7-16)11-13-8-9(12)10(14-11)17-2/h8,16H,3-7H2,1-2H3. The largest absolute Gasteiger partial charge is 0.480 e. The van der Waals surface area contributed by atoms with E-state index in [9.17, 15) is 0 Å². The lowest BCUT2D eigenvalue weighted by atomic mass is 10.2. The van der Waals surface area contributed by atoms with Crippen molar-refractivity contribution in [3.05, 3.63) is 10.7 Å². The van der Waals surface area contributed by atoms with Gasteiger partial charge in [0, 0.05) is 20.2 Å². The van der Waals surface area contributed by atoms with Crippen molar-refractivity contribution in [2.45, 2.75) is 19.3 Å². The molecule has 0 spiro atoms. The molecule has 0 aliphatic heterocycles. The van der Waals surface area contributed by atoms with Crippen LogP contribution in [0, 0.1) is 0 Å². The number of aromatic nitrogens is 2. The fourth-order valence-electron chi connectivity index (χ4n) is 1.41. The van der Waals surface area contributed by atoms with Gasteiger partial charge in [-0.1, -0.05) is 0 Å². The van der Waals surface area contributed by atoms with Crippen molar-refractivity contribution < 1.29 is 9.84 Å². The third-order valence-electron chi connectivity index (χ3n) is 2.39. The highest BCUT2D eigenvalue weighted by Gasteiger charge is 2.08. The highest BCUT2D eigenvalue weighted by atomic mass is 79.9. The van der Waals surface area contributed by atoms with E-state index >= 15 is 0 Å². The molecule has 1 aromatic heterocycles. The Kier molecular flexibility index (Phi) is 6.21. The number of unbranched alkanes of at least 4 members (excludes halogenated alkanes) is 2. The van der Waals surface area contributed by atoms with Crippen molar-refractivity contribution >= 4 is 21.9 Å². The summed E-state index contributed by atoms with van der Waals surface area (Å²) in [5.74, 6) is 1.19.